The van der Waals surface area contributed by atoms with Gasteiger partial charge in [-0.25, -0.2) is 14.8 Å². The van der Waals surface area contributed by atoms with E-state index in [9.17, 15) is 14.4 Å². The molecule has 1 aromatic heterocycles. The van der Waals surface area contributed by atoms with Crippen LogP contribution in [-0.2, 0) is 11.8 Å². The van der Waals surface area contributed by atoms with Gasteiger partial charge in [-0.15, -0.1) is 0 Å². The minimum absolute atomic E-state index is 0.187. The molecule has 2 heterocycles. The molecule has 0 radical (unpaired) electrons. The number of amides is 2. The first-order valence-corrected chi connectivity index (χ1v) is 7.97. The fourth-order valence-electron chi connectivity index (χ4n) is 2.50. The van der Waals surface area contributed by atoms with E-state index < -0.39 is 23.0 Å². The Labute approximate surface area is 141 Å². The lowest BCUT2D eigenvalue weighted by Gasteiger charge is -2.38. The molecule has 8 nitrogen and oxygen atoms in total. The van der Waals surface area contributed by atoms with E-state index in [2.05, 4.69) is 5.10 Å². The predicted molar refractivity (Wildman–Crippen MR) is 87.4 cm³/mol. The van der Waals surface area contributed by atoms with E-state index in [0.29, 0.717) is 18.7 Å². The van der Waals surface area contributed by atoms with Gasteiger partial charge in [0.25, 0.3) is 5.91 Å². The summed E-state index contributed by atoms with van der Waals surface area (Å²) >= 11 is 0. The molecular weight excluding hydrogens is 312 g/mol. The highest BCUT2D eigenvalue weighted by atomic mass is 16.6. The molecule has 1 aliphatic rings. The summed E-state index contributed by atoms with van der Waals surface area (Å²) in [4.78, 5) is 37.4. The summed E-state index contributed by atoms with van der Waals surface area (Å²) in [6.45, 7) is 7.63. The maximum absolute atomic E-state index is 12.8. The second kappa shape index (κ2) is 6.62. The zero-order valence-electron chi connectivity index (χ0n) is 14.8. The number of aromatic nitrogens is 2. The molecule has 0 atom stereocenters. The molecule has 1 saturated heterocycles. The van der Waals surface area contributed by atoms with Crippen molar-refractivity contribution in [3.05, 3.63) is 27.7 Å². The molecule has 0 bridgehead atoms. The van der Waals surface area contributed by atoms with Crippen molar-refractivity contribution in [1.29, 1.82) is 0 Å². The first-order valence-electron chi connectivity index (χ1n) is 7.97. The highest BCUT2D eigenvalue weighted by molar-refractivity contribution is 5.93. The number of nitrogens with zero attached hydrogens (tertiary/aromatic N) is 4. The van der Waals surface area contributed by atoms with Crippen LogP contribution in [0.5, 0.6) is 0 Å². The lowest BCUT2D eigenvalue weighted by atomic mass is 10.2. The maximum atomic E-state index is 12.8. The summed E-state index contributed by atoms with van der Waals surface area (Å²) < 4.78 is 6.78. The molecule has 0 unspecified atom stereocenters. The Balaban J connectivity index is 2.32. The van der Waals surface area contributed by atoms with Gasteiger partial charge in [0.2, 0.25) is 5.43 Å². The van der Waals surface area contributed by atoms with E-state index in [0.717, 1.165) is 12.8 Å². The normalized spacial score (nSPS) is 15.4. The first kappa shape index (κ1) is 18.0. The quantitative estimate of drug-likeness (QED) is 0.775. The molecular formula is C16H24N4O4. The lowest BCUT2D eigenvalue weighted by Crippen LogP contribution is -2.55. The average Bonchev–Trinajstić information content (AvgIpc) is 2.48. The fraction of sp³-hybridized carbons (Fsp3) is 0.625. The van der Waals surface area contributed by atoms with Gasteiger partial charge in [-0.2, -0.15) is 5.10 Å². The van der Waals surface area contributed by atoms with Crippen LogP contribution in [-0.4, -0.2) is 50.5 Å². The number of aryl methyl sites for hydroxylation is 2. The Morgan fingerprint density at radius 2 is 1.75 bits per heavy atom. The minimum Gasteiger partial charge on any atom is -0.442 e. The van der Waals surface area contributed by atoms with Gasteiger partial charge in [0, 0.05) is 31.9 Å². The van der Waals surface area contributed by atoms with Gasteiger partial charge < -0.3 is 4.74 Å². The number of hydrogen-bond acceptors (Lipinski definition) is 5. The molecule has 132 valence electrons. The first-order chi connectivity index (χ1) is 11.1. The van der Waals surface area contributed by atoms with E-state index in [1.54, 1.807) is 40.9 Å². The maximum Gasteiger partial charge on any atom is 0.429 e. The van der Waals surface area contributed by atoms with Crippen molar-refractivity contribution in [2.75, 3.05) is 13.1 Å². The Bertz CT molecular complexity index is 705. The largest absolute Gasteiger partial charge is 0.442 e. The molecule has 2 amide bonds. The highest BCUT2D eigenvalue weighted by Gasteiger charge is 2.34. The second-order valence-corrected chi connectivity index (χ2v) is 6.90. The molecule has 8 heteroatoms. The van der Waals surface area contributed by atoms with Crippen molar-refractivity contribution in [2.24, 2.45) is 7.05 Å². The molecule has 1 aliphatic heterocycles. The lowest BCUT2D eigenvalue weighted by molar-refractivity contribution is -0.0508. The van der Waals surface area contributed by atoms with Gasteiger partial charge >= 0.3 is 6.09 Å². The topological polar surface area (TPSA) is 84.7 Å². The van der Waals surface area contributed by atoms with Crippen molar-refractivity contribution in [2.45, 2.75) is 46.1 Å². The third-order valence-corrected chi connectivity index (χ3v) is 3.53. The highest BCUT2D eigenvalue weighted by Crippen LogP contribution is 2.17. The molecule has 24 heavy (non-hydrogen) atoms. The summed E-state index contributed by atoms with van der Waals surface area (Å²) in [5.41, 5.74) is -0.849. The number of rotatable bonds is 1. The van der Waals surface area contributed by atoms with Gasteiger partial charge in [-0.1, -0.05) is 0 Å². The van der Waals surface area contributed by atoms with Crippen molar-refractivity contribution in [3.8, 4) is 0 Å². The van der Waals surface area contributed by atoms with Crippen molar-refractivity contribution < 1.29 is 14.3 Å². The van der Waals surface area contributed by atoms with Crippen LogP contribution in [0.4, 0.5) is 4.79 Å². The zero-order chi connectivity index (χ0) is 18.1. The number of ether oxygens (including phenoxy) is 1. The van der Waals surface area contributed by atoms with Crippen LogP contribution >= 0.6 is 0 Å². The van der Waals surface area contributed by atoms with E-state index in [-0.39, 0.29) is 5.69 Å². The van der Waals surface area contributed by atoms with Crippen LogP contribution in [0.2, 0.25) is 0 Å². The van der Waals surface area contributed by atoms with Crippen LogP contribution in [0.25, 0.3) is 0 Å². The van der Waals surface area contributed by atoms with Crippen molar-refractivity contribution in [3.63, 3.8) is 0 Å². The zero-order valence-corrected chi connectivity index (χ0v) is 14.8. The molecule has 0 aromatic carbocycles. The molecule has 1 aromatic rings. The van der Waals surface area contributed by atoms with E-state index in [1.807, 2.05) is 0 Å². The molecule has 0 saturated carbocycles. The molecule has 0 aliphatic carbocycles. The monoisotopic (exact) mass is 336 g/mol. The van der Waals surface area contributed by atoms with Crippen LogP contribution in [0.1, 0.15) is 49.7 Å². The Kier molecular flexibility index (Phi) is 4.96. The number of carbonyl (C=O) groups excluding carboxylic acids is 2. The van der Waals surface area contributed by atoms with Gasteiger partial charge in [0.1, 0.15) is 5.60 Å². The molecule has 1 fully saturated rings. The van der Waals surface area contributed by atoms with Gasteiger partial charge in [0.05, 0.1) is 0 Å². The summed E-state index contributed by atoms with van der Waals surface area (Å²) in [5.74, 6) is -0.579. The third kappa shape index (κ3) is 3.93. The average molecular weight is 336 g/mol. The van der Waals surface area contributed by atoms with Crippen molar-refractivity contribution >= 4 is 12.0 Å². The fourth-order valence-corrected chi connectivity index (χ4v) is 2.50. The Morgan fingerprint density at radius 3 is 2.33 bits per heavy atom. The van der Waals surface area contributed by atoms with Crippen LogP contribution in [0.15, 0.2) is 11.0 Å². The standard InChI is InChI=1S/C16H24N4O4/c1-11-10-18(5)17-12(13(11)21)14(22)19-8-6-7-9-20(19)15(23)24-16(2,3)4/h10H,6-9H2,1-5H3. The van der Waals surface area contributed by atoms with E-state index in [4.69, 9.17) is 4.74 Å². The number of hydrazine groups is 1. The number of carbonyl (C=O) groups is 2. The van der Waals surface area contributed by atoms with Gasteiger partial charge in [0.15, 0.2) is 5.69 Å². The third-order valence-electron chi connectivity index (χ3n) is 3.53. The van der Waals surface area contributed by atoms with E-state index in [1.165, 1.54) is 14.7 Å². The van der Waals surface area contributed by atoms with Crippen LogP contribution in [0, 0.1) is 6.92 Å². The minimum atomic E-state index is -0.666. The molecule has 0 N–H and O–H groups in total. The smallest absolute Gasteiger partial charge is 0.429 e. The molecule has 2 rings (SSSR count). The van der Waals surface area contributed by atoms with Gasteiger partial charge in [-0.3, -0.25) is 14.3 Å². The van der Waals surface area contributed by atoms with Crippen molar-refractivity contribution in [1.82, 2.24) is 19.8 Å². The summed E-state index contributed by atoms with van der Waals surface area (Å²) in [6.07, 6.45) is 2.47. The Hall–Kier alpha value is -2.38. The summed E-state index contributed by atoms with van der Waals surface area (Å²) in [5, 5.41) is 6.54. The van der Waals surface area contributed by atoms with E-state index >= 15 is 0 Å². The second-order valence-electron chi connectivity index (χ2n) is 6.90. The SMILES string of the molecule is Cc1cn(C)nc(C(=O)N2CCCCN2C(=O)OC(C)(C)C)c1=O. The van der Waals surface area contributed by atoms with Gasteiger partial charge in [-0.05, 0) is 40.5 Å². The molecule has 0 spiro atoms. The Morgan fingerprint density at radius 1 is 1.17 bits per heavy atom. The summed E-state index contributed by atoms with van der Waals surface area (Å²) in [7, 11) is 1.64. The number of hydrogen-bond donors (Lipinski definition) is 0. The predicted octanol–water partition coefficient (Wildman–Crippen LogP) is 1.48. The summed E-state index contributed by atoms with van der Waals surface area (Å²) in [6, 6.07) is 0. The van der Waals surface area contributed by atoms with Crippen LogP contribution < -0.4 is 5.43 Å². The van der Waals surface area contributed by atoms with Crippen LogP contribution in [0.3, 0.4) is 0 Å².